The number of aromatic hydroxyl groups is 1. The highest BCUT2D eigenvalue weighted by molar-refractivity contribution is 5.81. The number of phenolic OH excluding ortho intramolecular Hbond substituents is 1. The molecule has 1 N–H and O–H groups in total. The van der Waals surface area contributed by atoms with Crippen LogP contribution in [0.3, 0.4) is 0 Å². The molecule has 0 bridgehead atoms. The van der Waals surface area contributed by atoms with Gasteiger partial charge in [0.25, 0.3) is 0 Å². The molecule has 1 aromatic carbocycles. The lowest BCUT2D eigenvalue weighted by molar-refractivity contribution is -0.268. The van der Waals surface area contributed by atoms with Crippen LogP contribution >= 0.6 is 0 Å². The molecule has 0 fully saturated rings. The van der Waals surface area contributed by atoms with Gasteiger partial charge < -0.3 is 10.2 Å². The van der Waals surface area contributed by atoms with Crippen molar-refractivity contribution >= 4 is 6.29 Å². The lowest BCUT2D eigenvalue weighted by Gasteiger charge is -2.11. The summed E-state index contributed by atoms with van der Waals surface area (Å²) in [7, 11) is 0. The van der Waals surface area contributed by atoms with Gasteiger partial charge in [0.15, 0.2) is 0 Å². The van der Waals surface area contributed by atoms with Crippen LogP contribution in [0.25, 0.3) is 0 Å². The molecule has 0 unspecified atom stereocenters. The summed E-state index contributed by atoms with van der Waals surface area (Å²) in [5, 5.41) is 19.8. The summed E-state index contributed by atoms with van der Waals surface area (Å²) in [5.41, 5.74) is 0.618. The molecule has 0 aliphatic carbocycles. The Morgan fingerprint density at radius 2 is 2.18 bits per heavy atom. The van der Waals surface area contributed by atoms with Gasteiger partial charge in [-0.3, -0.25) is 4.79 Å². The summed E-state index contributed by atoms with van der Waals surface area (Å²) < 4.78 is 0. The first-order valence-corrected chi connectivity index (χ1v) is 3.11. The van der Waals surface area contributed by atoms with Crippen molar-refractivity contribution in [2.75, 3.05) is 0 Å². The Morgan fingerprint density at radius 3 is 2.64 bits per heavy atom. The molecule has 0 spiro atoms. The number of benzene rings is 1. The van der Waals surface area contributed by atoms with Gasteiger partial charge in [0.1, 0.15) is 12.0 Å². The molecule has 0 saturated heterocycles. The third kappa shape index (κ3) is 1.32. The van der Waals surface area contributed by atoms with Gasteiger partial charge in [-0.25, -0.2) is 0 Å². The molecule has 0 saturated carbocycles. The molecule has 0 radical (unpaired) electrons. The van der Waals surface area contributed by atoms with Crippen LogP contribution in [-0.4, -0.2) is 11.4 Å². The fourth-order valence-corrected chi connectivity index (χ4v) is 0.899. The van der Waals surface area contributed by atoms with Crippen LogP contribution in [0.5, 0.6) is 11.5 Å². The molecule has 3 heteroatoms. The third-order valence-electron chi connectivity index (χ3n) is 1.45. The van der Waals surface area contributed by atoms with Gasteiger partial charge in [-0.05, 0) is 24.6 Å². The second kappa shape index (κ2) is 2.62. The van der Waals surface area contributed by atoms with E-state index < -0.39 is 5.75 Å². The lowest BCUT2D eigenvalue weighted by Crippen LogP contribution is -1.97. The van der Waals surface area contributed by atoms with E-state index in [9.17, 15) is 9.90 Å². The highest BCUT2D eigenvalue weighted by Crippen LogP contribution is 2.22. The monoisotopic (exact) mass is 151 g/mol. The van der Waals surface area contributed by atoms with Gasteiger partial charge in [-0.2, -0.15) is 0 Å². The number of aldehydes is 1. The number of rotatable bonds is 1. The number of hydrogen-bond acceptors (Lipinski definition) is 3. The number of hydrogen-bond donors (Lipinski definition) is 1. The maximum absolute atomic E-state index is 10.9. The molecule has 0 heterocycles. The topological polar surface area (TPSA) is 60.4 Å². The van der Waals surface area contributed by atoms with Crippen molar-refractivity contribution in [2.24, 2.45) is 0 Å². The van der Waals surface area contributed by atoms with Crippen LogP contribution in [0, 0.1) is 6.92 Å². The van der Waals surface area contributed by atoms with E-state index >= 15 is 0 Å². The Bertz CT molecular complexity index is 268. The predicted octanol–water partition coefficient (Wildman–Crippen LogP) is 0.587. The fourth-order valence-electron chi connectivity index (χ4n) is 0.899. The van der Waals surface area contributed by atoms with Gasteiger partial charge in [-0.1, -0.05) is 5.75 Å². The standard InChI is InChI=1S/C8H8O3/c1-5-2-6(10)3-8(11)7(5)4-9/h2-4,10-11H,1H3/p-1. The highest BCUT2D eigenvalue weighted by atomic mass is 16.3. The summed E-state index contributed by atoms with van der Waals surface area (Å²) in [5.74, 6) is -0.532. The largest absolute Gasteiger partial charge is 0.872 e. The van der Waals surface area contributed by atoms with E-state index in [0.717, 1.165) is 6.07 Å². The van der Waals surface area contributed by atoms with Crippen LogP contribution in [0.2, 0.25) is 0 Å². The molecule has 0 aliphatic heterocycles. The molecule has 0 aliphatic rings. The summed E-state index contributed by atoms with van der Waals surface area (Å²) in [6.45, 7) is 1.60. The van der Waals surface area contributed by atoms with Crippen molar-refractivity contribution < 1.29 is 15.0 Å². The van der Waals surface area contributed by atoms with Crippen molar-refractivity contribution in [3.05, 3.63) is 23.3 Å². The smallest absolute Gasteiger partial charge is 0.149 e. The molecule has 58 valence electrons. The van der Waals surface area contributed by atoms with E-state index in [1.807, 2.05) is 0 Å². The van der Waals surface area contributed by atoms with Crippen molar-refractivity contribution in [3.8, 4) is 11.5 Å². The summed E-state index contributed by atoms with van der Waals surface area (Å²) in [4.78, 5) is 10.3. The minimum absolute atomic E-state index is 0.0990. The van der Waals surface area contributed by atoms with Crippen molar-refractivity contribution in [3.63, 3.8) is 0 Å². The second-order valence-electron chi connectivity index (χ2n) is 2.29. The fraction of sp³-hybridized carbons (Fsp3) is 0.125. The average molecular weight is 151 g/mol. The number of phenols is 1. The maximum Gasteiger partial charge on any atom is 0.149 e. The molecule has 1 aromatic rings. The lowest BCUT2D eigenvalue weighted by atomic mass is 10.1. The van der Waals surface area contributed by atoms with Crippen molar-refractivity contribution in [1.29, 1.82) is 0 Å². The van der Waals surface area contributed by atoms with Crippen LogP contribution in [-0.2, 0) is 0 Å². The zero-order chi connectivity index (χ0) is 8.43. The van der Waals surface area contributed by atoms with Gasteiger partial charge in [0.2, 0.25) is 0 Å². The maximum atomic E-state index is 10.9. The third-order valence-corrected chi connectivity index (χ3v) is 1.45. The molecule has 0 atom stereocenters. The number of aryl methyl sites for hydroxylation is 1. The molecule has 11 heavy (non-hydrogen) atoms. The van der Waals surface area contributed by atoms with Crippen molar-refractivity contribution in [1.82, 2.24) is 0 Å². The molecule has 3 nitrogen and oxygen atoms in total. The van der Waals surface area contributed by atoms with E-state index in [1.165, 1.54) is 6.07 Å². The second-order valence-corrected chi connectivity index (χ2v) is 2.29. The first-order valence-electron chi connectivity index (χ1n) is 3.11. The summed E-state index contributed by atoms with van der Waals surface area (Å²) in [6, 6.07) is 2.40. The Labute approximate surface area is 63.9 Å². The van der Waals surface area contributed by atoms with E-state index in [2.05, 4.69) is 0 Å². The van der Waals surface area contributed by atoms with Crippen LogP contribution in [0.4, 0.5) is 0 Å². The Balaban J connectivity index is 3.36. The zero-order valence-corrected chi connectivity index (χ0v) is 6.00. The Morgan fingerprint density at radius 1 is 1.55 bits per heavy atom. The van der Waals surface area contributed by atoms with Gasteiger partial charge in [0.05, 0.1) is 0 Å². The SMILES string of the molecule is Cc1cc(O)cc([O-])c1C=O. The Hall–Kier alpha value is -1.51. The summed E-state index contributed by atoms with van der Waals surface area (Å²) >= 11 is 0. The highest BCUT2D eigenvalue weighted by Gasteiger charge is 1.98. The summed E-state index contributed by atoms with van der Waals surface area (Å²) in [6.07, 6.45) is 0.497. The van der Waals surface area contributed by atoms with E-state index in [-0.39, 0.29) is 11.3 Å². The molecule has 1 rings (SSSR count). The first kappa shape index (κ1) is 7.60. The van der Waals surface area contributed by atoms with E-state index in [1.54, 1.807) is 6.92 Å². The van der Waals surface area contributed by atoms with Gasteiger partial charge in [-0.15, -0.1) is 0 Å². The van der Waals surface area contributed by atoms with Crippen LogP contribution < -0.4 is 5.11 Å². The molecule has 0 aromatic heterocycles. The Kier molecular flexibility index (Phi) is 1.81. The minimum atomic E-state index is -0.433. The average Bonchev–Trinajstić information content (AvgIpc) is 1.85. The number of carbonyl (C=O) groups excluding carboxylic acids is 1. The molecular formula is C8H7O3-. The van der Waals surface area contributed by atoms with E-state index in [4.69, 9.17) is 5.11 Å². The zero-order valence-electron chi connectivity index (χ0n) is 6.00. The normalized spacial score (nSPS) is 9.55. The van der Waals surface area contributed by atoms with Crippen LogP contribution in [0.1, 0.15) is 15.9 Å². The van der Waals surface area contributed by atoms with Crippen molar-refractivity contribution in [2.45, 2.75) is 6.92 Å². The van der Waals surface area contributed by atoms with Crippen LogP contribution in [0.15, 0.2) is 12.1 Å². The number of carbonyl (C=O) groups is 1. The molecular weight excluding hydrogens is 144 g/mol. The predicted molar refractivity (Wildman–Crippen MR) is 37.7 cm³/mol. The van der Waals surface area contributed by atoms with Gasteiger partial charge in [0, 0.05) is 5.56 Å². The minimum Gasteiger partial charge on any atom is -0.872 e. The van der Waals surface area contributed by atoms with E-state index in [0.29, 0.717) is 11.8 Å². The molecule has 0 amide bonds. The first-order chi connectivity index (χ1) is 5.15. The van der Waals surface area contributed by atoms with Gasteiger partial charge >= 0.3 is 0 Å². The quantitative estimate of drug-likeness (QED) is 0.597.